The topological polar surface area (TPSA) is 58.1 Å². The average molecular weight is 266 g/mol. The van der Waals surface area contributed by atoms with Gasteiger partial charge in [-0.15, -0.1) is 0 Å². The van der Waals surface area contributed by atoms with Crippen LogP contribution in [0.3, 0.4) is 0 Å². The summed E-state index contributed by atoms with van der Waals surface area (Å²) in [5.74, 6) is 1.29. The molecule has 0 unspecified atom stereocenters. The molecule has 4 heteroatoms. The molecule has 0 aliphatic heterocycles. The lowest BCUT2D eigenvalue weighted by Crippen LogP contribution is -1.86. The summed E-state index contributed by atoms with van der Waals surface area (Å²) in [5, 5.41) is 9.61. The molecule has 0 radical (unpaired) electrons. The Balaban J connectivity index is 1.98. The van der Waals surface area contributed by atoms with Crippen LogP contribution in [0.4, 0.5) is 0 Å². The molecule has 0 aliphatic rings. The zero-order valence-electron chi connectivity index (χ0n) is 11.0. The van der Waals surface area contributed by atoms with Crippen molar-refractivity contribution in [2.75, 3.05) is 7.11 Å². The van der Waals surface area contributed by atoms with E-state index in [1.165, 1.54) is 7.11 Å². The van der Waals surface area contributed by atoms with Crippen molar-refractivity contribution in [1.82, 2.24) is 9.97 Å². The lowest BCUT2D eigenvalue weighted by atomic mass is 10.2. The highest BCUT2D eigenvalue weighted by molar-refractivity contribution is 5.66. The second-order valence-corrected chi connectivity index (χ2v) is 4.40. The van der Waals surface area contributed by atoms with Gasteiger partial charge in [0.05, 0.1) is 19.0 Å². The van der Waals surface area contributed by atoms with Crippen LogP contribution in [0, 0.1) is 0 Å². The molecule has 4 nitrogen and oxygen atoms in total. The number of hydrogen-bond donors (Lipinski definition) is 2. The SMILES string of the molecule is COc1cc(-c2ncc(-c3ccccc3)[nH]2)ccc1O. The number of hydrogen-bond acceptors (Lipinski definition) is 3. The van der Waals surface area contributed by atoms with Crippen molar-refractivity contribution in [3.05, 3.63) is 54.7 Å². The van der Waals surface area contributed by atoms with Crippen molar-refractivity contribution in [3.8, 4) is 34.1 Å². The van der Waals surface area contributed by atoms with Crippen LogP contribution in [0.25, 0.3) is 22.6 Å². The number of aromatic hydroxyl groups is 1. The molecule has 0 bridgehead atoms. The van der Waals surface area contributed by atoms with E-state index in [1.54, 1.807) is 24.4 Å². The van der Waals surface area contributed by atoms with Crippen molar-refractivity contribution in [3.63, 3.8) is 0 Å². The van der Waals surface area contributed by atoms with Gasteiger partial charge in [-0.2, -0.15) is 0 Å². The standard InChI is InChI=1S/C16H14N2O2/c1-20-15-9-12(7-8-14(15)19)16-17-10-13(18-16)11-5-3-2-4-6-11/h2-10,19H,1H3,(H,17,18). The third-order valence-corrected chi connectivity index (χ3v) is 3.11. The second kappa shape index (κ2) is 5.09. The zero-order chi connectivity index (χ0) is 13.9. The van der Waals surface area contributed by atoms with Crippen LogP contribution in [-0.4, -0.2) is 22.2 Å². The van der Waals surface area contributed by atoms with E-state index >= 15 is 0 Å². The molecule has 2 aromatic carbocycles. The molecular formula is C16H14N2O2. The molecule has 0 spiro atoms. The minimum atomic E-state index is 0.117. The summed E-state index contributed by atoms with van der Waals surface area (Å²) < 4.78 is 5.11. The maximum absolute atomic E-state index is 9.61. The van der Waals surface area contributed by atoms with Crippen molar-refractivity contribution < 1.29 is 9.84 Å². The van der Waals surface area contributed by atoms with E-state index in [4.69, 9.17) is 4.74 Å². The summed E-state index contributed by atoms with van der Waals surface area (Å²) in [6.07, 6.45) is 1.80. The quantitative estimate of drug-likeness (QED) is 0.763. The van der Waals surface area contributed by atoms with Gasteiger partial charge in [0.25, 0.3) is 0 Å². The summed E-state index contributed by atoms with van der Waals surface area (Å²) in [5.41, 5.74) is 2.89. The summed E-state index contributed by atoms with van der Waals surface area (Å²) in [6.45, 7) is 0. The number of benzene rings is 2. The number of phenols is 1. The first kappa shape index (κ1) is 12.3. The Morgan fingerprint density at radius 1 is 1.05 bits per heavy atom. The maximum Gasteiger partial charge on any atom is 0.161 e. The highest BCUT2D eigenvalue weighted by Crippen LogP contribution is 2.31. The highest BCUT2D eigenvalue weighted by Gasteiger charge is 2.08. The molecule has 0 aliphatic carbocycles. The van der Waals surface area contributed by atoms with Gasteiger partial charge in [0.1, 0.15) is 5.82 Å². The number of phenolic OH excluding ortho intramolecular Hbond substituents is 1. The Morgan fingerprint density at radius 3 is 2.60 bits per heavy atom. The zero-order valence-corrected chi connectivity index (χ0v) is 11.0. The Kier molecular flexibility index (Phi) is 3.13. The van der Waals surface area contributed by atoms with Gasteiger partial charge in [0.2, 0.25) is 0 Å². The van der Waals surface area contributed by atoms with Gasteiger partial charge in [-0.3, -0.25) is 0 Å². The lowest BCUT2D eigenvalue weighted by Gasteiger charge is -2.04. The van der Waals surface area contributed by atoms with Gasteiger partial charge in [-0.1, -0.05) is 30.3 Å². The fraction of sp³-hybridized carbons (Fsp3) is 0.0625. The normalized spacial score (nSPS) is 10.4. The highest BCUT2D eigenvalue weighted by atomic mass is 16.5. The van der Waals surface area contributed by atoms with Gasteiger partial charge in [-0.25, -0.2) is 4.98 Å². The van der Waals surface area contributed by atoms with Crippen LogP contribution in [0.1, 0.15) is 0 Å². The van der Waals surface area contributed by atoms with Gasteiger partial charge < -0.3 is 14.8 Å². The summed E-state index contributed by atoms with van der Waals surface area (Å²) >= 11 is 0. The van der Waals surface area contributed by atoms with Crippen molar-refractivity contribution in [2.24, 2.45) is 0 Å². The lowest BCUT2D eigenvalue weighted by molar-refractivity contribution is 0.373. The number of imidazole rings is 1. The Morgan fingerprint density at radius 2 is 1.85 bits per heavy atom. The van der Waals surface area contributed by atoms with E-state index in [1.807, 2.05) is 30.3 Å². The monoisotopic (exact) mass is 266 g/mol. The molecule has 3 rings (SSSR count). The third kappa shape index (κ3) is 2.23. The molecule has 3 aromatic rings. The Bertz CT molecular complexity index is 720. The first-order valence-corrected chi connectivity index (χ1v) is 6.26. The van der Waals surface area contributed by atoms with E-state index in [0.29, 0.717) is 5.75 Å². The molecule has 0 saturated heterocycles. The number of aromatic amines is 1. The predicted molar refractivity (Wildman–Crippen MR) is 77.7 cm³/mol. The molecule has 1 heterocycles. The van der Waals surface area contributed by atoms with E-state index in [0.717, 1.165) is 22.6 Å². The maximum atomic E-state index is 9.61. The van der Waals surface area contributed by atoms with Crippen LogP contribution < -0.4 is 4.74 Å². The summed E-state index contributed by atoms with van der Waals surface area (Å²) in [6, 6.07) is 15.1. The van der Waals surface area contributed by atoms with Gasteiger partial charge in [0, 0.05) is 5.56 Å². The van der Waals surface area contributed by atoms with Crippen LogP contribution >= 0.6 is 0 Å². The number of methoxy groups -OCH3 is 1. The molecule has 0 atom stereocenters. The van der Waals surface area contributed by atoms with Gasteiger partial charge >= 0.3 is 0 Å². The first-order chi connectivity index (χ1) is 9.78. The molecule has 1 aromatic heterocycles. The fourth-order valence-corrected chi connectivity index (χ4v) is 2.06. The van der Waals surface area contributed by atoms with Crippen LogP contribution in [0.15, 0.2) is 54.7 Å². The van der Waals surface area contributed by atoms with Crippen molar-refractivity contribution in [2.45, 2.75) is 0 Å². The Labute approximate surface area is 116 Å². The smallest absolute Gasteiger partial charge is 0.161 e. The molecule has 2 N–H and O–H groups in total. The second-order valence-electron chi connectivity index (χ2n) is 4.40. The van der Waals surface area contributed by atoms with Crippen molar-refractivity contribution >= 4 is 0 Å². The fourth-order valence-electron chi connectivity index (χ4n) is 2.06. The summed E-state index contributed by atoms with van der Waals surface area (Å²) in [7, 11) is 1.52. The van der Waals surface area contributed by atoms with E-state index in [9.17, 15) is 5.11 Å². The van der Waals surface area contributed by atoms with E-state index in [2.05, 4.69) is 9.97 Å². The first-order valence-electron chi connectivity index (χ1n) is 6.26. The number of nitrogens with zero attached hydrogens (tertiary/aromatic N) is 1. The number of H-pyrrole nitrogens is 1. The number of nitrogens with one attached hydrogen (secondary N) is 1. The van der Waals surface area contributed by atoms with Crippen LogP contribution in [0.2, 0.25) is 0 Å². The molecule has 0 saturated carbocycles. The van der Waals surface area contributed by atoms with E-state index < -0.39 is 0 Å². The molecular weight excluding hydrogens is 252 g/mol. The third-order valence-electron chi connectivity index (χ3n) is 3.11. The molecule has 0 amide bonds. The van der Waals surface area contributed by atoms with Crippen LogP contribution in [0.5, 0.6) is 11.5 Å². The Hall–Kier alpha value is -2.75. The predicted octanol–water partition coefficient (Wildman–Crippen LogP) is 3.46. The average Bonchev–Trinajstić information content (AvgIpc) is 2.98. The minimum Gasteiger partial charge on any atom is -0.504 e. The van der Waals surface area contributed by atoms with Crippen LogP contribution in [-0.2, 0) is 0 Å². The van der Waals surface area contributed by atoms with E-state index in [-0.39, 0.29) is 5.75 Å². The molecule has 100 valence electrons. The molecule has 20 heavy (non-hydrogen) atoms. The number of rotatable bonds is 3. The number of aromatic nitrogens is 2. The van der Waals surface area contributed by atoms with Gasteiger partial charge in [-0.05, 0) is 23.8 Å². The summed E-state index contributed by atoms with van der Waals surface area (Å²) in [4.78, 5) is 7.64. The van der Waals surface area contributed by atoms with Gasteiger partial charge in [0.15, 0.2) is 11.5 Å². The molecule has 0 fully saturated rings. The number of ether oxygens (including phenoxy) is 1. The minimum absolute atomic E-state index is 0.117. The largest absolute Gasteiger partial charge is 0.504 e. The van der Waals surface area contributed by atoms with Crippen molar-refractivity contribution in [1.29, 1.82) is 0 Å².